The smallest absolute Gasteiger partial charge is 0.222 e. The van der Waals surface area contributed by atoms with E-state index < -0.39 is 0 Å². The molecule has 2 aromatic rings. The summed E-state index contributed by atoms with van der Waals surface area (Å²) < 4.78 is 0. The first kappa shape index (κ1) is 18.6. The minimum absolute atomic E-state index is 0.0325. The Morgan fingerprint density at radius 1 is 1.14 bits per heavy atom. The molecule has 146 valence electrons. The lowest BCUT2D eigenvalue weighted by Crippen LogP contribution is -2.54. The molecule has 0 aliphatic carbocycles. The molecule has 0 radical (unpaired) electrons. The predicted octanol–water partition coefficient (Wildman–Crippen LogP) is 3.09. The van der Waals surface area contributed by atoms with Crippen molar-refractivity contribution in [2.45, 2.75) is 39.2 Å². The summed E-state index contributed by atoms with van der Waals surface area (Å²) in [6.07, 6.45) is 7.17. The summed E-state index contributed by atoms with van der Waals surface area (Å²) in [5.41, 5.74) is 1.67. The second kappa shape index (κ2) is 7.70. The van der Waals surface area contributed by atoms with Crippen molar-refractivity contribution in [2.24, 2.45) is 5.41 Å². The highest BCUT2D eigenvalue weighted by atomic mass is 16.2. The van der Waals surface area contributed by atoms with Crippen molar-refractivity contribution in [3.63, 3.8) is 0 Å². The number of nitrogens with zero attached hydrogens (tertiary/aromatic N) is 4. The third-order valence-electron chi connectivity index (χ3n) is 5.97. The van der Waals surface area contributed by atoms with Gasteiger partial charge in [0.15, 0.2) is 5.78 Å². The molecule has 2 aromatic heterocycles. The van der Waals surface area contributed by atoms with Gasteiger partial charge in [-0.25, -0.2) is 4.98 Å². The van der Waals surface area contributed by atoms with Crippen LogP contribution in [0, 0.1) is 5.41 Å². The van der Waals surface area contributed by atoms with E-state index in [4.69, 9.17) is 0 Å². The van der Waals surface area contributed by atoms with Crippen molar-refractivity contribution < 1.29 is 9.59 Å². The van der Waals surface area contributed by atoms with E-state index in [1.807, 2.05) is 35.2 Å². The third-order valence-corrected chi connectivity index (χ3v) is 5.97. The Labute approximate surface area is 165 Å². The molecule has 2 saturated heterocycles. The van der Waals surface area contributed by atoms with Crippen molar-refractivity contribution in [1.29, 1.82) is 0 Å². The van der Waals surface area contributed by atoms with Crippen molar-refractivity contribution >= 4 is 17.5 Å². The Morgan fingerprint density at radius 2 is 2.04 bits per heavy atom. The Balaban J connectivity index is 1.49. The molecule has 4 rings (SSSR count). The van der Waals surface area contributed by atoms with Crippen LogP contribution in [-0.4, -0.2) is 46.2 Å². The summed E-state index contributed by atoms with van der Waals surface area (Å²) in [7, 11) is 0. The maximum absolute atomic E-state index is 12.5. The van der Waals surface area contributed by atoms with Crippen LogP contribution in [0.15, 0.2) is 42.7 Å². The molecule has 4 heterocycles. The SMILES string of the molecule is CC(=O)c1ccc(N2CCCC3(CCC(=O)N(Cc4ccccn4)C3)C2)nc1. The summed E-state index contributed by atoms with van der Waals surface area (Å²) >= 11 is 0. The van der Waals surface area contributed by atoms with Gasteiger partial charge in [-0.15, -0.1) is 0 Å². The number of amides is 1. The largest absolute Gasteiger partial charge is 0.356 e. The topological polar surface area (TPSA) is 66.4 Å². The average Bonchev–Trinajstić information content (AvgIpc) is 2.72. The maximum Gasteiger partial charge on any atom is 0.222 e. The number of piperidine rings is 2. The lowest BCUT2D eigenvalue weighted by Gasteiger charge is -2.48. The summed E-state index contributed by atoms with van der Waals surface area (Å²) in [5.74, 6) is 1.17. The van der Waals surface area contributed by atoms with E-state index >= 15 is 0 Å². The quantitative estimate of drug-likeness (QED) is 0.765. The summed E-state index contributed by atoms with van der Waals surface area (Å²) in [6, 6.07) is 9.62. The molecule has 1 spiro atoms. The number of carbonyl (C=O) groups is 2. The number of likely N-dealkylation sites (tertiary alicyclic amines) is 1. The molecule has 1 amide bonds. The van der Waals surface area contributed by atoms with Crippen LogP contribution in [0.5, 0.6) is 0 Å². The number of hydrogen-bond donors (Lipinski definition) is 0. The first-order valence-electron chi connectivity index (χ1n) is 9.94. The summed E-state index contributed by atoms with van der Waals surface area (Å²) in [4.78, 5) is 37.2. The number of anilines is 1. The standard InChI is InChI=1S/C22H26N4O2/c1-17(27)18-6-7-20(24-13-18)25-12-4-9-22(15-25)10-8-21(28)26(16-22)14-19-5-2-3-11-23-19/h2-3,5-7,11,13H,4,8-10,12,14-16H2,1H3. The minimum atomic E-state index is 0.0325. The highest BCUT2D eigenvalue weighted by molar-refractivity contribution is 5.93. The molecule has 0 bridgehead atoms. The number of ketones is 1. The van der Waals surface area contributed by atoms with Crippen LogP contribution in [0.2, 0.25) is 0 Å². The van der Waals surface area contributed by atoms with Crippen LogP contribution in [0.25, 0.3) is 0 Å². The Bertz CT molecular complexity index is 853. The number of rotatable bonds is 4. The predicted molar refractivity (Wildman–Crippen MR) is 107 cm³/mol. The number of hydrogen-bond acceptors (Lipinski definition) is 5. The fraction of sp³-hybridized carbons (Fsp3) is 0.455. The van der Waals surface area contributed by atoms with E-state index in [1.54, 1.807) is 19.3 Å². The fourth-order valence-electron chi connectivity index (χ4n) is 4.45. The van der Waals surface area contributed by atoms with E-state index in [1.165, 1.54) is 0 Å². The highest BCUT2D eigenvalue weighted by Crippen LogP contribution is 2.40. The van der Waals surface area contributed by atoms with Gasteiger partial charge in [0.2, 0.25) is 5.91 Å². The monoisotopic (exact) mass is 378 g/mol. The van der Waals surface area contributed by atoms with Gasteiger partial charge in [-0.2, -0.15) is 0 Å². The van der Waals surface area contributed by atoms with E-state index in [9.17, 15) is 9.59 Å². The molecule has 1 unspecified atom stereocenters. The van der Waals surface area contributed by atoms with E-state index in [2.05, 4.69) is 14.9 Å². The normalized spacial score (nSPS) is 22.5. The molecule has 1 atom stereocenters. The van der Waals surface area contributed by atoms with Gasteiger partial charge in [0.05, 0.1) is 12.2 Å². The van der Waals surface area contributed by atoms with Gasteiger partial charge in [0.25, 0.3) is 0 Å². The lowest BCUT2D eigenvalue weighted by molar-refractivity contribution is -0.138. The van der Waals surface area contributed by atoms with Crippen molar-refractivity contribution in [3.8, 4) is 0 Å². The molecular formula is C22H26N4O2. The zero-order valence-corrected chi connectivity index (χ0v) is 16.3. The molecule has 6 nitrogen and oxygen atoms in total. The lowest BCUT2D eigenvalue weighted by atomic mass is 9.73. The van der Waals surface area contributed by atoms with E-state index in [0.717, 1.165) is 50.4 Å². The number of carbonyl (C=O) groups excluding carboxylic acids is 2. The molecule has 2 aliphatic heterocycles. The van der Waals surface area contributed by atoms with Crippen molar-refractivity contribution in [1.82, 2.24) is 14.9 Å². The number of pyridine rings is 2. The van der Waals surface area contributed by atoms with Crippen molar-refractivity contribution in [2.75, 3.05) is 24.5 Å². The van der Waals surface area contributed by atoms with Gasteiger partial charge < -0.3 is 9.80 Å². The second-order valence-electron chi connectivity index (χ2n) is 8.06. The molecule has 0 saturated carbocycles. The summed E-state index contributed by atoms with van der Waals surface area (Å²) in [6.45, 7) is 4.76. The van der Waals surface area contributed by atoms with Gasteiger partial charge in [-0.3, -0.25) is 14.6 Å². The Kier molecular flexibility index (Phi) is 5.11. The van der Waals surface area contributed by atoms with Gasteiger partial charge in [-0.1, -0.05) is 6.07 Å². The average molecular weight is 378 g/mol. The van der Waals surface area contributed by atoms with Crippen LogP contribution in [-0.2, 0) is 11.3 Å². The molecule has 2 fully saturated rings. The zero-order valence-electron chi connectivity index (χ0n) is 16.3. The van der Waals surface area contributed by atoms with Gasteiger partial charge in [-0.05, 0) is 50.5 Å². The molecule has 6 heteroatoms. The fourth-order valence-corrected chi connectivity index (χ4v) is 4.45. The Morgan fingerprint density at radius 3 is 2.75 bits per heavy atom. The second-order valence-corrected chi connectivity index (χ2v) is 8.06. The van der Waals surface area contributed by atoms with Crippen LogP contribution in [0.3, 0.4) is 0 Å². The Hall–Kier alpha value is -2.76. The van der Waals surface area contributed by atoms with Crippen LogP contribution in [0.1, 0.15) is 48.7 Å². The molecule has 28 heavy (non-hydrogen) atoms. The van der Waals surface area contributed by atoms with E-state index in [0.29, 0.717) is 18.5 Å². The highest BCUT2D eigenvalue weighted by Gasteiger charge is 2.42. The molecule has 2 aliphatic rings. The van der Waals surface area contributed by atoms with Crippen LogP contribution >= 0.6 is 0 Å². The van der Waals surface area contributed by atoms with E-state index in [-0.39, 0.29) is 17.1 Å². The number of aromatic nitrogens is 2. The van der Waals surface area contributed by atoms with Crippen molar-refractivity contribution in [3.05, 3.63) is 54.0 Å². The van der Waals surface area contributed by atoms with Gasteiger partial charge in [0.1, 0.15) is 5.82 Å². The minimum Gasteiger partial charge on any atom is -0.356 e. The maximum atomic E-state index is 12.5. The summed E-state index contributed by atoms with van der Waals surface area (Å²) in [5, 5.41) is 0. The molecule has 0 aromatic carbocycles. The van der Waals surface area contributed by atoms with Crippen LogP contribution < -0.4 is 4.90 Å². The number of Topliss-reactive ketones (excluding diaryl/α,β-unsaturated/α-hetero) is 1. The first-order chi connectivity index (χ1) is 13.5. The molecular weight excluding hydrogens is 352 g/mol. The van der Waals surface area contributed by atoms with Crippen LogP contribution in [0.4, 0.5) is 5.82 Å². The third kappa shape index (κ3) is 3.91. The zero-order chi connectivity index (χ0) is 19.6. The first-order valence-corrected chi connectivity index (χ1v) is 9.94. The van der Waals surface area contributed by atoms with Gasteiger partial charge >= 0.3 is 0 Å². The van der Waals surface area contributed by atoms with Gasteiger partial charge in [0, 0.05) is 49.4 Å². The molecule has 0 N–H and O–H groups in total.